The van der Waals surface area contributed by atoms with Crippen LogP contribution in [0.15, 0.2) is 66.9 Å². The van der Waals surface area contributed by atoms with Gasteiger partial charge in [-0.3, -0.25) is 9.72 Å². The van der Waals surface area contributed by atoms with E-state index in [0.717, 1.165) is 0 Å². The van der Waals surface area contributed by atoms with Crippen LogP contribution in [0.5, 0.6) is 0 Å². The number of halogens is 2. The molecule has 2 N–H and O–H groups in total. The van der Waals surface area contributed by atoms with Crippen molar-refractivity contribution in [2.75, 3.05) is 10.6 Å². The number of carbonyl (C=O) groups is 1. The molecule has 4 aromatic rings. The van der Waals surface area contributed by atoms with Crippen LogP contribution in [0.1, 0.15) is 5.56 Å². The monoisotopic (exact) mass is 378 g/mol. The largest absolute Gasteiger partial charge is 0.324 e. The number of imidazole rings is 1. The number of rotatable bonds is 3. The summed E-state index contributed by atoms with van der Waals surface area (Å²) in [5, 5.41) is 5.43. The minimum absolute atomic E-state index is 0.342. The van der Waals surface area contributed by atoms with Crippen molar-refractivity contribution in [1.29, 1.82) is 0 Å². The van der Waals surface area contributed by atoms with Gasteiger partial charge in [-0.15, -0.1) is 0 Å². The second-order valence-electron chi connectivity index (χ2n) is 6.24. The van der Waals surface area contributed by atoms with Gasteiger partial charge in [0.15, 0.2) is 0 Å². The topological polar surface area (TPSA) is 58.4 Å². The van der Waals surface area contributed by atoms with E-state index in [1.54, 1.807) is 41.8 Å². The summed E-state index contributed by atoms with van der Waals surface area (Å²) in [6, 6.07) is 15.2. The average molecular weight is 378 g/mol. The lowest BCUT2D eigenvalue weighted by Crippen LogP contribution is -2.21. The molecule has 0 aliphatic rings. The molecule has 2 heterocycles. The number of anilines is 2. The van der Waals surface area contributed by atoms with Gasteiger partial charge >= 0.3 is 6.03 Å². The lowest BCUT2D eigenvalue weighted by atomic mass is 10.1. The molecular weight excluding hydrogens is 362 g/mol. The van der Waals surface area contributed by atoms with Crippen molar-refractivity contribution >= 4 is 23.2 Å². The van der Waals surface area contributed by atoms with E-state index >= 15 is 0 Å². The van der Waals surface area contributed by atoms with E-state index in [-0.39, 0.29) is 5.82 Å². The van der Waals surface area contributed by atoms with Crippen LogP contribution in [-0.4, -0.2) is 15.4 Å². The Kier molecular flexibility index (Phi) is 4.49. The summed E-state index contributed by atoms with van der Waals surface area (Å²) < 4.78 is 28.7. The molecule has 0 aliphatic carbocycles. The van der Waals surface area contributed by atoms with Crippen molar-refractivity contribution in [3.05, 3.63) is 84.1 Å². The van der Waals surface area contributed by atoms with E-state index in [9.17, 15) is 13.6 Å². The molecule has 2 amide bonds. The fourth-order valence-corrected chi connectivity index (χ4v) is 2.93. The summed E-state index contributed by atoms with van der Waals surface area (Å²) >= 11 is 0. The number of hydrogen-bond acceptors (Lipinski definition) is 2. The molecule has 7 heteroatoms. The maximum absolute atomic E-state index is 13.7. The third-order valence-electron chi connectivity index (χ3n) is 4.40. The van der Waals surface area contributed by atoms with Gasteiger partial charge in [0, 0.05) is 23.0 Å². The maximum atomic E-state index is 13.7. The van der Waals surface area contributed by atoms with Crippen LogP contribution < -0.4 is 10.6 Å². The molecule has 0 atom stereocenters. The quantitative estimate of drug-likeness (QED) is 0.513. The van der Waals surface area contributed by atoms with E-state index in [1.165, 1.54) is 24.3 Å². The highest BCUT2D eigenvalue weighted by atomic mass is 19.1. The Labute approximate surface area is 159 Å². The molecule has 5 nitrogen and oxygen atoms in total. The minimum atomic E-state index is -0.539. The highest BCUT2D eigenvalue weighted by Crippen LogP contribution is 2.29. The van der Waals surface area contributed by atoms with Gasteiger partial charge in [-0.2, -0.15) is 0 Å². The number of amides is 2. The standard InChI is InChI=1S/C21H16F2N4O/c1-13-16(23)5-4-6-17(13)24-21(28)26-20-19(14-8-10-15(22)11-9-14)25-18-7-2-3-12-27(18)20/h2-12H,1H3,(H2,24,26,28). The molecule has 28 heavy (non-hydrogen) atoms. The fourth-order valence-electron chi connectivity index (χ4n) is 2.93. The van der Waals surface area contributed by atoms with Gasteiger partial charge in [-0.25, -0.2) is 18.6 Å². The van der Waals surface area contributed by atoms with Crippen LogP contribution in [-0.2, 0) is 0 Å². The van der Waals surface area contributed by atoms with Crippen molar-refractivity contribution in [2.24, 2.45) is 0 Å². The van der Waals surface area contributed by atoms with E-state index in [0.29, 0.717) is 34.0 Å². The lowest BCUT2D eigenvalue weighted by Gasteiger charge is -2.11. The van der Waals surface area contributed by atoms with Crippen molar-refractivity contribution in [3.63, 3.8) is 0 Å². The van der Waals surface area contributed by atoms with Crippen LogP contribution in [0.4, 0.5) is 25.1 Å². The molecular formula is C21H16F2N4O. The molecule has 0 aliphatic heterocycles. The van der Waals surface area contributed by atoms with Gasteiger partial charge in [0.25, 0.3) is 0 Å². The van der Waals surface area contributed by atoms with E-state index in [1.807, 2.05) is 12.1 Å². The first-order chi connectivity index (χ1) is 13.5. The third kappa shape index (κ3) is 3.29. The van der Waals surface area contributed by atoms with Crippen molar-refractivity contribution in [2.45, 2.75) is 6.92 Å². The molecule has 0 bridgehead atoms. The first kappa shape index (κ1) is 17.7. The van der Waals surface area contributed by atoms with E-state index in [4.69, 9.17) is 0 Å². The normalized spacial score (nSPS) is 10.8. The van der Waals surface area contributed by atoms with Crippen LogP contribution >= 0.6 is 0 Å². The first-order valence-electron chi connectivity index (χ1n) is 8.59. The van der Waals surface area contributed by atoms with Crippen molar-refractivity contribution in [3.8, 4) is 11.3 Å². The van der Waals surface area contributed by atoms with Crippen LogP contribution in [0.25, 0.3) is 16.9 Å². The number of pyridine rings is 1. The second-order valence-corrected chi connectivity index (χ2v) is 6.24. The number of nitrogens with one attached hydrogen (secondary N) is 2. The van der Waals surface area contributed by atoms with Gasteiger partial charge in [0.1, 0.15) is 28.8 Å². The summed E-state index contributed by atoms with van der Waals surface area (Å²) in [7, 11) is 0. The first-order valence-corrected chi connectivity index (χ1v) is 8.59. The van der Waals surface area contributed by atoms with Crippen molar-refractivity contribution < 1.29 is 13.6 Å². The Morgan fingerprint density at radius 2 is 1.75 bits per heavy atom. The molecule has 2 aromatic carbocycles. The van der Waals surface area contributed by atoms with Gasteiger partial charge in [-0.05, 0) is 55.5 Å². The molecule has 2 aromatic heterocycles. The Hall–Kier alpha value is -3.74. The van der Waals surface area contributed by atoms with Gasteiger partial charge in [0.05, 0.1) is 0 Å². The van der Waals surface area contributed by atoms with E-state index < -0.39 is 11.8 Å². The minimum Gasteiger partial charge on any atom is -0.307 e. The summed E-state index contributed by atoms with van der Waals surface area (Å²) in [5.41, 5.74) is 2.49. The molecule has 0 spiro atoms. The number of urea groups is 1. The second kappa shape index (κ2) is 7.11. The Balaban J connectivity index is 1.71. The zero-order valence-corrected chi connectivity index (χ0v) is 14.9. The number of nitrogens with zero attached hydrogens (tertiary/aromatic N) is 2. The van der Waals surface area contributed by atoms with Crippen LogP contribution in [0, 0.1) is 18.6 Å². The number of fused-ring (bicyclic) bond motifs is 1. The highest BCUT2D eigenvalue weighted by Gasteiger charge is 2.17. The van der Waals surface area contributed by atoms with E-state index in [2.05, 4.69) is 15.6 Å². The third-order valence-corrected chi connectivity index (χ3v) is 4.40. The molecule has 0 radical (unpaired) electrons. The maximum Gasteiger partial charge on any atom is 0.324 e. The number of benzene rings is 2. The van der Waals surface area contributed by atoms with Gasteiger partial charge in [0.2, 0.25) is 0 Å². The summed E-state index contributed by atoms with van der Waals surface area (Å²) in [4.78, 5) is 17.1. The molecule has 0 saturated carbocycles. The summed E-state index contributed by atoms with van der Waals surface area (Å²) in [5.74, 6) is -0.338. The summed E-state index contributed by atoms with van der Waals surface area (Å²) in [6.07, 6.45) is 1.76. The highest BCUT2D eigenvalue weighted by molar-refractivity contribution is 6.02. The molecule has 140 valence electrons. The van der Waals surface area contributed by atoms with Gasteiger partial charge < -0.3 is 5.32 Å². The van der Waals surface area contributed by atoms with Gasteiger partial charge in [-0.1, -0.05) is 12.1 Å². The molecule has 0 saturated heterocycles. The fraction of sp³-hybridized carbons (Fsp3) is 0.0476. The smallest absolute Gasteiger partial charge is 0.307 e. The predicted molar refractivity (Wildman–Crippen MR) is 104 cm³/mol. The SMILES string of the molecule is Cc1c(F)cccc1NC(=O)Nc1c(-c2ccc(F)cc2)nc2ccccn12. The Morgan fingerprint density at radius 3 is 2.54 bits per heavy atom. The number of hydrogen-bond donors (Lipinski definition) is 2. The zero-order chi connectivity index (χ0) is 19.7. The predicted octanol–water partition coefficient (Wildman–Crippen LogP) is 5.23. The van der Waals surface area contributed by atoms with Crippen LogP contribution in [0.2, 0.25) is 0 Å². The lowest BCUT2D eigenvalue weighted by molar-refractivity contribution is 0.262. The van der Waals surface area contributed by atoms with Crippen LogP contribution in [0.3, 0.4) is 0 Å². The number of carbonyl (C=O) groups excluding carboxylic acids is 1. The average Bonchev–Trinajstić information content (AvgIpc) is 3.04. The zero-order valence-electron chi connectivity index (χ0n) is 14.9. The molecule has 4 rings (SSSR count). The molecule has 0 fully saturated rings. The number of aromatic nitrogens is 2. The summed E-state index contributed by atoms with van der Waals surface area (Å²) in [6.45, 7) is 1.59. The van der Waals surface area contributed by atoms with Crippen molar-refractivity contribution in [1.82, 2.24) is 9.38 Å². The Morgan fingerprint density at radius 1 is 0.964 bits per heavy atom. The molecule has 0 unspecified atom stereocenters. The Bertz CT molecular complexity index is 1170.